The van der Waals surface area contributed by atoms with Crippen LogP contribution in [0.15, 0.2) is 11.6 Å². The molecule has 0 N–H and O–H groups in total. The molecule has 2 spiro atoms. The largest absolute Gasteiger partial charge is 0.458 e. The van der Waals surface area contributed by atoms with Crippen LogP contribution in [-0.4, -0.2) is 17.4 Å². The summed E-state index contributed by atoms with van der Waals surface area (Å²) in [4.78, 5) is 25.1. The standard InChI is InChI=1S/C26H32O3/c1-23-12-25(7-8-25)19(27)11-17(23)13-9-14(13)21-16(23)3-5-24(2)22(21)15-10-18(15)26(24)6-4-20(28)29-26/h11,13-16,18,21-22H,3-10,12H2,1-2H3/t13-,14?,15+,16?,18?,21?,22?,23+,24-,26-/m0/s1. The minimum Gasteiger partial charge on any atom is -0.458 e. The Balaban J connectivity index is 1.24. The van der Waals surface area contributed by atoms with Crippen molar-refractivity contribution in [2.75, 3.05) is 0 Å². The average molecular weight is 393 g/mol. The third-order valence-corrected chi connectivity index (χ3v) is 12.0. The molecule has 6 saturated carbocycles. The van der Waals surface area contributed by atoms with E-state index in [2.05, 4.69) is 19.9 Å². The molecule has 10 atom stereocenters. The average Bonchev–Trinajstić information content (AvgIpc) is 3.58. The maximum atomic E-state index is 12.9. The Labute approximate surface area is 173 Å². The quantitative estimate of drug-likeness (QED) is 0.562. The lowest BCUT2D eigenvalue weighted by atomic mass is 9.44. The van der Waals surface area contributed by atoms with Gasteiger partial charge in [-0.3, -0.25) is 9.59 Å². The maximum Gasteiger partial charge on any atom is 0.306 e. The Morgan fingerprint density at radius 2 is 1.83 bits per heavy atom. The molecule has 7 fully saturated rings. The number of rotatable bonds is 0. The van der Waals surface area contributed by atoms with Crippen molar-refractivity contribution < 1.29 is 14.3 Å². The van der Waals surface area contributed by atoms with Gasteiger partial charge in [-0.25, -0.2) is 0 Å². The van der Waals surface area contributed by atoms with E-state index in [4.69, 9.17) is 4.74 Å². The fourth-order valence-electron chi connectivity index (χ4n) is 10.7. The second-order valence-electron chi connectivity index (χ2n) is 12.9. The Morgan fingerprint density at radius 1 is 1.00 bits per heavy atom. The van der Waals surface area contributed by atoms with Gasteiger partial charge in [-0.1, -0.05) is 19.4 Å². The highest BCUT2D eigenvalue weighted by Gasteiger charge is 2.81. The molecular formula is C26H32O3. The van der Waals surface area contributed by atoms with Gasteiger partial charge in [0.2, 0.25) is 0 Å². The summed E-state index contributed by atoms with van der Waals surface area (Å²) in [7, 11) is 0. The summed E-state index contributed by atoms with van der Waals surface area (Å²) >= 11 is 0. The number of fused-ring (bicyclic) bond motifs is 12. The van der Waals surface area contributed by atoms with E-state index in [0.717, 1.165) is 55.3 Å². The Hall–Kier alpha value is -1.12. The fourth-order valence-corrected chi connectivity index (χ4v) is 10.7. The molecule has 8 rings (SSSR count). The predicted molar refractivity (Wildman–Crippen MR) is 107 cm³/mol. The van der Waals surface area contributed by atoms with Gasteiger partial charge in [-0.15, -0.1) is 0 Å². The number of ether oxygens (including phenoxy) is 1. The number of carbonyl (C=O) groups is 2. The molecule has 0 bridgehead atoms. The van der Waals surface area contributed by atoms with Crippen LogP contribution in [0.25, 0.3) is 0 Å². The number of hydrogen-bond acceptors (Lipinski definition) is 3. The predicted octanol–water partition coefficient (Wildman–Crippen LogP) is 4.70. The van der Waals surface area contributed by atoms with Crippen molar-refractivity contribution in [2.24, 2.45) is 57.7 Å². The third-order valence-electron chi connectivity index (χ3n) is 12.0. The molecule has 3 nitrogen and oxygen atoms in total. The van der Waals surface area contributed by atoms with E-state index in [9.17, 15) is 9.59 Å². The molecule has 1 saturated heterocycles. The minimum absolute atomic E-state index is 0.0191. The lowest BCUT2D eigenvalue weighted by Crippen LogP contribution is -2.58. The second-order valence-corrected chi connectivity index (χ2v) is 12.9. The first-order valence-electron chi connectivity index (χ1n) is 12.3. The number of allylic oxidation sites excluding steroid dienone is 1. The first-order chi connectivity index (χ1) is 13.8. The summed E-state index contributed by atoms with van der Waals surface area (Å²) in [6.45, 7) is 5.06. The van der Waals surface area contributed by atoms with Crippen LogP contribution in [0.4, 0.5) is 0 Å². The van der Waals surface area contributed by atoms with Crippen molar-refractivity contribution in [3.05, 3.63) is 11.6 Å². The van der Waals surface area contributed by atoms with Gasteiger partial charge in [0.1, 0.15) is 5.60 Å². The van der Waals surface area contributed by atoms with Crippen LogP contribution in [0.2, 0.25) is 0 Å². The fraction of sp³-hybridized carbons (Fsp3) is 0.846. The van der Waals surface area contributed by atoms with Gasteiger partial charge in [-0.05, 0) is 98.4 Å². The second kappa shape index (κ2) is 4.41. The van der Waals surface area contributed by atoms with Crippen molar-refractivity contribution in [1.82, 2.24) is 0 Å². The van der Waals surface area contributed by atoms with E-state index in [0.29, 0.717) is 24.0 Å². The number of hydrogen-bond donors (Lipinski definition) is 0. The van der Waals surface area contributed by atoms with Gasteiger partial charge in [-0.2, -0.15) is 0 Å². The zero-order valence-corrected chi connectivity index (χ0v) is 17.7. The SMILES string of the molecule is C[C@]12CC3(CC3)C(=O)C=C1[C@H]1CC1C1C2CC[C@@]2(C)C1[C@@H]1CC1[C@@]21CCC(=O)O1. The van der Waals surface area contributed by atoms with Crippen molar-refractivity contribution >= 4 is 11.8 Å². The summed E-state index contributed by atoms with van der Waals surface area (Å²) in [6, 6.07) is 0. The van der Waals surface area contributed by atoms with E-state index < -0.39 is 0 Å². The Bertz CT molecular complexity index is 928. The van der Waals surface area contributed by atoms with Crippen LogP contribution in [0, 0.1) is 57.7 Å². The van der Waals surface area contributed by atoms with Crippen LogP contribution in [0.1, 0.15) is 71.6 Å². The van der Waals surface area contributed by atoms with Crippen LogP contribution < -0.4 is 0 Å². The maximum absolute atomic E-state index is 12.9. The Morgan fingerprint density at radius 3 is 2.55 bits per heavy atom. The van der Waals surface area contributed by atoms with E-state index in [1.807, 2.05) is 0 Å². The highest BCUT2D eigenvalue weighted by molar-refractivity contribution is 5.99. The van der Waals surface area contributed by atoms with E-state index >= 15 is 0 Å². The van der Waals surface area contributed by atoms with E-state index in [1.54, 1.807) is 5.57 Å². The lowest BCUT2D eigenvalue weighted by molar-refractivity contribution is -0.178. The van der Waals surface area contributed by atoms with Crippen molar-refractivity contribution in [3.8, 4) is 0 Å². The smallest absolute Gasteiger partial charge is 0.306 e. The van der Waals surface area contributed by atoms with Gasteiger partial charge < -0.3 is 4.74 Å². The molecule has 0 radical (unpaired) electrons. The van der Waals surface area contributed by atoms with Crippen LogP contribution in [0.5, 0.6) is 0 Å². The van der Waals surface area contributed by atoms with Crippen molar-refractivity contribution in [1.29, 1.82) is 0 Å². The van der Waals surface area contributed by atoms with Gasteiger partial charge in [0.15, 0.2) is 5.78 Å². The molecule has 1 heterocycles. The minimum atomic E-state index is -0.133. The molecule has 29 heavy (non-hydrogen) atoms. The Kier molecular flexibility index (Phi) is 2.52. The molecule has 0 aromatic rings. The molecule has 154 valence electrons. The molecule has 0 aromatic carbocycles. The van der Waals surface area contributed by atoms with E-state index in [1.165, 1.54) is 25.7 Å². The van der Waals surface area contributed by atoms with Gasteiger partial charge in [0.05, 0.1) is 0 Å². The first-order valence-corrected chi connectivity index (χ1v) is 12.3. The van der Waals surface area contributed by atoms with Crippen LogP contribution in [-0.2, 0) is 14.3 Å². The normalized spacial score (nSPS) is 61.9. The molecule has 5 unspecified atom stereocenters. The summed E-state index contributed by atoms with van der Waals surface area (Å²) in [5.41, 5.74) is 1.89. The zero-order valence-electron chi connectivity index (χ0n) is 17.7. The van der Waals surface area contributed by atoms with Crippen molar-refractivity contribution in [3.63, 3.8) is 0 Å². The molecular weight excluding hydrogens is 360 g/mol. The van der Waals surface area contributed by atoms with Crippen LogP contribution >= 0.6 is 0 Å². The molecule has 3 heteroatoms. The van der Waals surface area contributed by atoms with Crippen molar-refractivity contribution in [2.45, 2.75) is 77.2 Å². The molecule has 0 aromatic heterocycles. The highest BCUT2D eigenvalue weighted by Crippen LogP contribution is 2.83. The highest BCUT2D eigenvalue weighted by atomic mass is 16.6. The van der Waals surface area contributed by atoms with E-state index in [-0.39, 0.29) is 27.8 Å². The van der Waals surface area contributed by atoms with Gasteiger partial charge >= 0.3 is 5.97 Å². The molecule has 7 aliphatic carbocycles. The summed E-state index contributed by atoms with van der Waals surface area (Å²) in [5.74, 6) is 5.76. The molecule has 0 amide bonds. The number of ketones is 1. The third kappa shape index (κ3) is 1.60. The number of carbonyl (C=O) groups excluding carboxylic acids is 2. The summed E-state index contributed by atoms with van der Waals surface area (Å²) in [5, 5.41) is 0. The zero-order chi connectivity index (χ0) is 19.6. The van der Waals surface area contributed by atoms with Gasteiger partial charge in [0.25, 0.3) is 0 Å². The van der Waals surface area contributed by atoms with Crippen LogP contribution in [0.3, 0.4) is 0 Å². The van der Waals surface area contributed by atoms with Gasteiger partial charge in [0, 0.05) is 23.2 Å². The monoisotopic (exact) mass is 392 g/mol. The first kappa shape index (κ1) is 16.6. The molecule has 8 aliphatic rings. The lowest BCUT2D eigenvalue weighted by Gasteiger charge is -2.60. The number of esters is 1. The summed E-state index contributed by atoms with van der Waals surface area (Å²) in [6.07, 6.45) is 12.3. The summed E-state index contributed by atoms with van der Waals surface area (Å²) < 4.78 is 6.26. The molecule has 1 aliphatic heterocycles. The topological polar surface area (TPSA) is 43.4 Å².